The Bertz CT molecular complexity index is 689. The molecule has 0 fully saturated rings. The van der Waals surface area contributed by atoms with E-state index in [1.165, 1.54) is 0 Å². The number of carbonyl (C=O) groups is 1. The predicted octanol–water partition coefficient (Wildman–Crippen LogP) is 3.86. The van der Waals surface area contributed by atoms with Gasteiger partial charge in [-0.05, 0) is 35.7 Å². The molecule has 94 valence electrons. The van der Waals surface area contributed by atoms with Crippen molar-refractivity contribution in [2.24, 2.45) is 4.99 Å². The first kappa shape index (κ1) is 12.3. The number of esters is 1. The minimum Gasteiger partial charge on any atom is -0.402 e. The zero-order valence-corrected chi connectivity index (χ0v) is 12.1. The van der Waals surface area contributed by atoms with Crippen molar-refractivity contribution in [3.05, 3.63) is 62.4 Å². The fraction of sp³-hybridized carbons (Fsp3) is 0. The molecule has 2 heterocycles. The standard InChI is InChI=1S/C14H8BrNO2S/c15-10-4-1-3-9(7-10)13-16-12(14(17)18-13)8-11-5-2-6-19-11/h1-8H. The van der Waals surface area contributed by atoms with Crippen molar-refractivity contribution in [3.63, 3.8) is 0 Å². The summed E-state index contributed by atoms with van der Waals surface area (Å²) in [6.07, 6.45) is 1.73. The molecular weight excluding hydrogens is 326 g/mol. The highest BCUT2D eigenvalue weighted by molar-refractivity contribution is 9.10. The van der Waals surface area contributed by atoms with Crippen LogP contribution in [0, 0.1) is 0 Å². The van der Waals surface area contributed by atoms with E-state index in [1.54, 1.807) is 17.4 Å². The molecule has 0 atom stereocenters. The molecule has 0 spiro atoms. The molecule has 0 amide bonds. The number of cyclic esters (lactones) is 1. The van der Waals surface area contributed by atoms with Gasteiger partial charge in [0.2, 0.25) is 5.90 Å². The van der Waals surface area contributed by atoms with Crippen molar-refractivity contribution in [1.82, 2.24) is 0 Å². The van der Waals surface area contributed by atoms with Crippen molar-refractivity contribution in [1.29, 1.82) is 0 Å². The first-order valence-electron chi connectivity index (χ1n) is 5.54. The van der Waals surface area contributed by atoms with Crippen molar-refractivity contribution < 1.29 is 9.53 Å². The molecule has 5 heteroatoms. The normalized spacial score (nSPS) is 16.6. The Morgan fingerprint density at radius 2 is 2.16 bits per heavy atom. The Balaban J connectivity index is 1.95. The first-order valence-corrected chi connectivity index (χ1v) is 7.22. The van der Waals surface area contributed by atoms with Crippen molar-refractivity contribution in [2.75, 3.05) is 0 Å². The molecule has 0 bridgehead atoms. The average molecular weight is 334 g/mol. The molecule has 2 aromatic rings. The van der Waals surface area contributed by atoms with E-state index in [9.17, 15) is 4.79 Å². The molecule has 3 nitrogen and oxygen atoms in total. The molecular formula is C14H8BrNO2S. The number of nitrogens with zero attached hydrogens (tertiary/aromatic N) is 1. The highest BCUT2D eigenvalue weighted by Gasteiger charge is 2.24. The van der Waals surface area contributed by atoms with Crippen molar-refractivity contribution >= 4 is 45.2 Å². The summed E-state index contributed by atoms with van der Waals surface area (Å²) in [4.78, 5) is 17.0. The Morgan fingerprint density at radius 3 is 2.89 bits per heavy atom. The summed E-state index contributed by atoms with van der Waals surface area (Å²) in [6.45, 7) is 0. The second kappa shape index (κ2) is 5.11. The van der Waals surface area contributed by atoms with E-state index >= 15 is 0 Å². The van der Waals surface area contributed by atoms with Gasteiger partial charge < -0.3 is 4.74 Å². The summed E-state index contributed by atoms with van der Waals surface area (Å²) in [5.41, 5.74) is 1.11. The summed E-state index contributed by atoms with van der Waals surface area (Å²) in [6, 6.07) is 11.3. The lowest BCUT2D eigenvalue weighted by atomic mass is 10.2. The fourth-order valence-electron chi connectivity index (χ4n) is 1.66. The number of hydrogen-bond donors (Lipinski definition) is 0. The van der Waals surface area contributed by atoms with Gasteiger partial charge in [0.25, 0.3) is 0 Å². The highest BCUT2D eigenvalue weighted by atomic mass is 79.9. The number of aliphatic imine (C=N–C) groups is 1. The molecule has 3 rings (SSSR count). The molecule has 0 N–H and O–H groups in total. The van der Waals surface area contributed by atoms with Crippen LogP contribution in [0.15, 0.2) is 56.9 Å². The molecule has 19 heavy (non-hydrogen) atoms. The van der Waals surface area contributed by atoms with E-state index in [0.29, 0.717) is 11.6 Å². The van der Waals surface area contributed by atoms with Gasteiger partial charge in [-0.1, -0.05) is 28.1 Å². The number of ether oxygens (including phenoxy) is 1. The van der Waals surface area contributed by atoms with E-state index in [0.717, 1.165) is 14.9 Å². The van der Waals surface area contributed by atoms with Crippen LogP contribution in [0.1, 0.15) is 10.4 Å². The minimum atomic E-state index is -0.414. The van der Waals surface area contributed by atoms with Crippen LogP contribution < -0.4 is 0 Å². The molecule has 1 aliphatic heterocycles. The van der Waals surface area contributed by atoms with Gasteiger partial charge in [-0.2, -0.15) is 0 Å². The lowest BCUT2D eigenvalue weighted by molar-refractivity contribution is -0.129. The number of benzene rings is 1. The van der Waals surface area contributed by atoms with E-state index < -0.39 is 5.97 Å². The molecule has 0 unspecified atom stereocenters. The van der Waals surface area contributed by atoms with Crippen molar-refractivity contribution in [2.45, 2.75) is 0 Å². The molecule has 1 aliphatic rings. The Kier molecular flexibility index (Phi) is 3.31. The van der Waals surface area contributed by atoms with Crippen LogP contribution in [0.2, 0.25) is 0 Å². The zero-order valence-electron chi connectivity index (χ0n) is 9.67. The smallest absolute Gasteiger partial charge is 0.363 e. The summed E-state index contributed by atoms with van der Waals surface area (Å²) >= 11 is 4.93. The third-order valence-electron chi connectivity index (χ3n) is 2.51. The average Bonchev–Trinajstić information content (AvgIpc) is 3.01. The van der Waals surface area contributed by atoms with Gasteiger partial charge in [0, 0.05) is 14.9 Å². The van der Waals surface area contributed by atoms with Gasteiger partial charge in [-0.15, -0.1) is 11.3 Å². The van der Waals surface area contributed by atoms with Gasteiger partial charge in [0.15, 0.2) is 5.70 Å². The van der Waals surface area contributed by atoms with Gasteiger partial charge in [-0.3, -0.25) is 0 Å². The lowest BCUT2D eigenvalue weighted by Crippen LogP contribution is -2.05. The maximum Gasteiger partial charge on any atom is 0.363 e. The van der Waals surface area contributed by atoms with Crippen LogP contribution in [0.25, 0.3) is 6.08 Å². The van der Waals surface area contributed by atoms with Crippen LogP contribution in [-0.2, 0) is 9.53 Å². The van der Waals surface area contributed by atoms with E-state index in [1.807, 2.05) is 41.8 Å². The second-order valence-corrected chi connectivity index (χ2v) is 5.76. The van der Waals surface area contributed by atoms with Gasteiger partial charge in [0.1, 0.15) is 0 Å². The Morgan fingerprint density at radius 1 is 1.26 bits per heavy atom. The summed E-state index contributed by atoms with van der Waals surface area (Å²) in [5, 5.41) is 1.95. The predicted molar refractivity (Wildman–Crippen MR) is 79.1 cm³/mol. The van der Waals surface area contributed by atoms with Crippen LogP contribution in [0.4, 0.5) is 0 Å². The third kappa shape index (κ3) is 2.67. The number of halogens is 1. The molecule has 0 radical (unpaired) electrons. The van der Waals surface area contributed by atoms with E-state index in [2.05, 4.69) is 20.9 Å². The number of thiophene rings is 1. The topological polar surface area (TPSA) is 38.7 Å². The molecule has 1 aromatic carbocycles. The quantitative estimate of drug-likeness (QED) is 0.618. The largest absolute Gasteiger partial charge is 0.402 e. The van der Waals surface area contributed by atoms with Gasteiger partial charge in [-0.25, -0.2) is 9.79 Å². The van der Waals surface area contributed by atoms with Gasteiger partial charge >= 0.3 is 5.97 Å². The number of carbonyl (C=O) groups excluding carboxylic acids is 1. The lowest BCUT2D eigenvalue weighted by Gasteiger charge is -1.99. The zero-order chi connectivity index (χ0) is 13.2. The summed E-state index contributed by atoms with van der Waals surface area (Å²) < 4.78 is 6.11. The van der Waals surface area contributed by atoms with E-state index in [4.69, 9.17) is 4.74 Å². The van der Waals surface area contributed by atoms with Crippen LogP contribution >= 0.6 is 27.3 Å². The maximum atomic E-state index is 11.8. The third-order valence-corrected chi connectivity index (χ3v) is 3.83. The number of rotatable bonds is 2. The second-order valence-electron chi connectivity index (χ2n) is 3.86. The number of hydrogen-bond acceptors (Lipinski definition) is 4. The fourth-order valence-corrected chi connectivity index (χ4v) is 2.71. The molecule has 0 aliphatic carbocycles. The van der Waals surface area contributed by atoms with E-state index in [-0.39, 0.29) is 0 Å². The highest BCUT2D eigenvalue weighted by Crippen LogP contribution is 2.22. The molecule has 0 saturated carbocycles. The maximum absolute atomic E-state index is 11.8. The SMILES string of the molecule is O=C1OC(c2cccc(Br)c2)=NC1=Cc1cccs1. The Hall–Kier alpha value is -1.72. The summed E-state index contributed by atoms with van der Waals surface area (Å²) in [5.74, 6) is -0.0718. The minimum absolute atomic E-state index is 0.331. The molecule has 1 aromatic heterocycles. The Labute approximate surface area is 122 Å². The molecule has 0 saturated heterocycles. The van der Waals surface area contributed by atoms with Crippen LogP contribution in [0.5, 0.6) is 0 Å². The monoisotopic (exact) mass is 333 g/mol. The van der Waals surface area contributed by atoms with Crippen molar-refractivity contribution in [3.8, 4) is 0 Å². The first-order chi connectivity index (χ1) is 9.22. The summed E-state index contributed by atoms with van der Waals surface area (Å²) in [7, 11) is 0. The van der Waals surface area contributed by atoms with Crippen LogP contribution in [-0.4, -0.2) is 11.9 Å². The van der Waals surface area contributed by atoms with Crippen LogP contribution in [0.3, 0.4) is 0 Å². The van der Waals surface area contributed by atoms with Gasteiger partial charge in [0.05, 0.1) is 0 Å².